The highest BCUT2D eigenvalue weighted by Crippen LogP contribution is 2.39. The van der Waals surface area contributed by atoms with E-state index in [0.29, 0.717) is 11.1 Å². The van der Waals surface area contributed by atoms with Gasteiger partial charge in [-0.25, -0.2) is 4.98 Å². The molecule has 0 aliphatic heterocycles. The fourth-order valence-electron chi connectivity index (χ4n) is 2.68. The molecule has 0 saturated carbocycles. The summed E-state index contributed by atoms with van der Waals surface area (Å²) in [6.07, 6.45) is 0. The summed E-state index contributed by atoms with van der Waals surface area (Å²) >= 11 is 1.53. The first-order chi connectivity index (χ1) is 13.5. The quantitative estimate of drug-likeness (QED) is 0.469. The van der Waals surface area contributed by atoms with Crippen LogP contribution in [0.1, 0.15) is 13.8 Å². The van der Waals surface area contributed by atoms with E-state index in [4.69, 9.17) is 20.2 Å². The van der Waals surface area contributed by atoms with Crippen molar-refractivity contribution in [3.8, 4) is 33.2 Å². The summed E-state index contributed by atoms with van der Waals surface area (Å²) in [4.78, 5) is 10.1. The lowest BCUT2D eigenvalue weighted by Gasteiger charge is -2.05. The topological polar surface area (TPSA) is 81.8 Å². The van der Waals surface area contributed by atoms with E-state index >= 15 is 0 Å². The monoisotopic (exact) mass is 396 g/mol. The van der Waals surface area contributed by atoms with Gasteiger partial charge in [0.2, 0.25) is 0 Å². The minimum absolute atomic E-state index is 0.106. The molecule has 3 aromatic rings. The van der Waals surface area contributed by atoms with Crippen LogP contribution in [-0.2, 0) is 0 Å². The first-order valence-corrected chi connectivity index (χ1v) is 9.71. The van der Waals surface area contributed by atoms with Crippen LogP contribution in [0.15, 0.2) is 53.5 Å². The first kappa shape index (κ1) is 19.7. The van der Waals surface area contributed by atoms with E-state index in [1.54, 1.807) is 14.2 Å². The normalized spacial score (nSPS) is 11.5. The van der Waals surface area contributed by atoms with Gasteiger partial charge in [-0.05, 0) is 67.9 Å². The molecule has 0 spiro atoms. The van der Waals surface area contributed by atoms with Gasteiger partial charge in [-0.1, -0.05) is 11.3 Å². The molecule has 6 nitrogen and oxygen atoms in total. The third-order valence-electron chi connectivity index (χ3n) is 3.98. The smallest absolute Gasteiger partial charge is 0.195 e. The van der Waals surface area contributed by atoms with Gasteiger partial charge in [0.1, 0.15) is 11.5 Å². The molecule has 0 aliphatic carbocycles. The number of hydrogen-bond donors (Lipinski definition) is 2. The molecule has 1 heterocycles. The zero-order valence-corrected chi connectivity index (χ0v) is 17.2. The Kier molecular flexibility index (Phi) is 6.16. The Hall–Kier alpha value is -3.06. The van der Waals surface area contributed by atoms with Crippen molar-refractivity contribution in [2.24, 2.45) is 10.7 Å². The molecule has 3 N–H and O–H groups in total. The molecule has 28 heavy (non-hydrogen) atoms. The lowest BCUT2D eigenvalue weighted by atomic mass is 10.1. The fourth-order valence-corrected chi connectivity index (χ4v) is 3.68. The van der Waals surface area contributed by atoms with E-state index in [9.17, 15) is 0 Å². The van der Waals surface area contributed by atoms with Crippen LogP contribution in [0.25, 0.3) is 21.7 Å². The van der Waals surface area contributed by atoms with Crippen molar-refractivity contribution in [3.05, 3.63) is 48.5 Å². The number of nitrogens with one attached hydrogen (secondary N) is 1. The van der Waals surface area contributed by atoms with Gasteiger partial charge in [-0.15, -0.1) is 0 Å². The van der Waals surface area contributed by atoms with Gasteiger partial charge in [-0.2, -0.15) is 0 Å². The molecule has 146 valence electrons. The van der Waals surface area contributed by atoms with Crippen molar-refractivity contribution in [2.45, 2.75) is 19.9 Å². The largest absolute Gasteiger partial charge is 0.497 e. The second kappa shape index (κ2) is 8.75. The summed E-state index contributed by atoms with van der Waals surface area (Å²) in [5.41, 5.74) is 8.91. The minimum Gasteiger partial charge on any atom is -0.497 e. The van der Waals surface area contributed by atoms with Crippen LogP contribution in [0.5, 0.6) is 11.5 Å². The molecular weight excluding hydrogens is 372 g/mol. The van der Waals surface area contributed by atoms with Crippen LogP contribution < -0.4 is 20.5 Å². The second-order valence-electron chi connectivity index (χ2n) is 6.39. The number of anilines is 1. The van der Waals surface area contributed by atoms with Crippen molar-refractivity contribution in [2.75, 3.05) is 19.5 Å². The van der Waals surface area contributed by atoms with E-state index in [1.165, 1.54) is 11.3 Å². The minimum atomic E-state index is 0.106. The Morgan fingerprint density at radius 2 is 1.50 bits per heavy atom. The number of thiazole rings is 1. The van der Waals surface area contributed by atoms with E-state index in [2.05, 4.69) is 10.3 Å². The summed E-state index contributed by atoms with van der Waals surface area (Å²) in [7, 11) is 3.31. The number of benzene rings is 2. The highest BCUT2D eigenvalue weighted by atomic mass is 32.1. The summed E-state index contributed by atoms with van der Waals surface area (Å²) in [5.74, 6) is 1.97. The molecule has 7 heteroatoms. The summed E-state index contributed by atoms with van der Waals surface area (Å²) in [6, 6.07) is 15.9. The van der Waals surface area contributed by atoms with Gasteiger partial charge in [0, 0.05) is 11.6 Å². The number of nitrogens with zero attached hydrogens (tertiary/aromatic N) is 2. The van der Waals surface area contributed by atoms with Gasteiger partial charge in [0.15, 0.2) is 11.1 Å². The maximum Gasteiger partial charge on any atom is 0.195 e. The molecule has 2 aromatic carbocycles. The standard InChI is InChI=1S/C21H24N4O2S/c1-13(2)23-20(22)25-21-24-18(14-5-9-16(26-3)10-6-14)19(28-21)15-7-11-17(27-4)12-8-15/h5-13H,1-4H3,(H3,22,23,24,25). The second-order valence-corrected chi connectivity index (χ2v) is 7.39. The lowest BCUT2D eigenvalue weighted by molar-refractivity contribution is 0.414. The Balaban J connectivity index is 2.03. The van der Waals surface area contributed by atoms with Crippen LogP contribution in [0.3, 0.4) is 0 Å². The van der Waals surface area contributed by atoms with Crippen molar-refractivity contribution < 1.29 is 9.47 Å². The number of rotatable bonds is 6. The third-order valence-corrected chi connectivity index (χ3v) is 4.99. The highest BCUT2D eigenvalue weighted by Gasteiger charge is 2.16. The first-order valence-electron chi connectivity index (χ1n) is 8.90. The maximum atomic E-state index is 5.99. The maximum absolute atomic E-state index is 5.99. The van der Waals surface area contributed by atoms with E-state index < -0.39 is 0 Å². The lowest BCUT2D eigenvalue weighted by Crippen LogP contribution is -2.23. The number of aliphatic imine (C=N–C) groups is 1. The molecule has 0 saturated heterocycles. The Morgan fingerprint density at radius 3 is 2.00 bits per heavy atom. The summed E-state index contributed by atoms with van der Waals surface area (Å²) < 4.78 is 10.5. The molecule has 3 rings (SSSR count). The molecule has 0 radical (unpaired) electrons. The summed E-state index contributed by atoms with van der Waals surface area (Å²) in [5, 5.41) is 3.80. The van der Waals surface area contributed by atoms with Crippen LogP contribution in [0.4, 0.5) is 5.13 Å². The molecular formula is C21H24N4O2S. The summed E-state index contributed by atoms with van der Waals surface area (Å²) in [6.45, 7) is 3.95. The van der Waals surface area contributed by atoms with E-state index in [-0.39, 0.29) is 6.04 Å². The highest BCUT2D eigenvalue weighted by molar-refractivity contribution is 7.19. The van der Waals surface area contributed by atoms with Crippen molar-refractivity contribution in [3.63, 3.8) is 0 Å². The van der Waals surface area contributed by atoms with Gasteiger partial charge >= 0.3 is 0 Å². The Labute approximate surface area is 169 Å². The third kappa shape index (κ3) is 4.61. The van der Waals surface area contributed by atoms with Gasteiger partial charge in [0.05, 0.1) is 24.8 Å². The molecule has 0 unspecified atom stereocenters. The number of methoxy groups -OCH3 is 2. The van der Waals surface area contributed by atoms with E-state index in [0.717, 1.165) is 33.2 Å². The number of ether oxygens (including phenoxy) is 2. The van der Waals surface area contributed by atoms with Gasteiger partial charge < -0.3 is 20.5 Å². The van der Waals surface area contributed by atoms with Crippen molar-refractivity contribution >= 4 is 22.4 Å². The predicted molar refractivity (Wildman–Crippen MR) is 116 cm³/mol. The Morgan fingerprint density at radius 1 is 0.964 bits per heavy atom. The van der Waals surface area contributed by atoms with E-state index in [1.807, 2.05) is 62.4 Å². The van der Waals surface area contributed by atoms with Gasteiger partial charge in [0.25, 0.3) is 0 Å². The van der Waals surface area contributed by atoms with Crippen molar-refractivity contribution in [1.29, 1.82) is 0 Å². The number of nitrogens with two attached hydrogens (primary N) is 1. The predicted octanol–water partition coefficient (Wildman–Crippen LogP) is 4.63. The van der Waals surface area contributed by atoms with Crippen LogP contribution >= 0.6 is 11.3 Å². The van der Waals surface area contributed by atoms with Crippen LogP contribution in [0, 0.1) is 0 Å². The van der Waals surface area contributed by atoms with Crippen LogP contribution in [0.2, 0.25) is 0 Å². The molecule has 0 fully saturated rings. The number of aromatic nitrogens is 1. The zero-order valence-electron chi connectivity index (χ0n) is 16.4. The SMILES string of the molecule is COc1ccc(-c2nc(NC(N)=NC(C)C)sc2-c2ccc(OC)cc2)cc1. The Bertz CT molecular complexity index is 883. The fraction of sp³-hybridized carbons (Fsp3) is 0.238. The molecule has 0 amide bonds. The average Bonchev–Trinajstić information content (AvgIpc) is 3.11. The van der Waals surface area contributed by atoms with Gasteiger partial charge in [-0.3, -0.25) is 4.99 Å². The molecule has 0 bridgehead atoms. The van der Waals surface area contributed by atoms with Crippen LogP contribution in [-0.4, -0.2) is 31.2 Å². The zero-order chi connectivity index (χ0) is 20.1. The average molecular weight is 397 g/mol. The molecule has 0 atom stereocenters. The molecule has 0 aliphatic rings. The molecule has 1 aromatic heterocycles. The number of guanidine groups is 1. The number of hydrogen-bond acceptors (Lipinski definition) is 5. The van der Waals surface area contributed by atoms with Crippen molar-refractivity contribution in [1.82, 2.24) is 4.98 Å².